The predicted octanol–water partition coefficient (Wildman–Crippen LogP) is 7.11. The Morgan fingerprint density at radius 3 is 2.21 bits per heavy atom. The van der Waals surface area contributed by atoms with Crippen LogP contribution in [0.2, 0.25) is 0 Å². The second-order valence-electron chi connectivity index (χ2n) is 15.5. The number of nitrogens with one attached hydrogen (secondary N) is 2. The van der Waals surface area contributed by atoms with Crippen molar-refractivity contribution in [1.29, 1.82) is 0 Å². The Morgan fingerprint density at radius 1 is 0.979 bits per heavy atom. The van der Waals surface area contributed by atoms with Crippen LogP contribution in [-0.2, 0) is 21.5 Å². The molecule has 1 aliphatic carbocycles. The first-order valence-electron chi connectivity index (χ1n) is 16.4. The van der Waals surface area contributed by atoms with Crippen LogP contribution >= 0.6 is 0 Å². The van der Waals surface area contributed by atoms with Gasteiger partial charge in [0.2, 0.25) is 5.91 Å². The highest BCUT2D eigenvalue weighted by Crippen LogP contribution is 2.40. The molecule has 2 aromatic carbocycles. The number of benzene rings is 2. The lowest BCUT2D eigenvalue weighted by Gasteiger charge is -2.35. The van der Waals surface area contributed by atoms with Crippen LogP contribution in [0.25, 0.3) is 0 Å². The summed E-state index contributed by atoms with van der Waals surface area (Å²) in [7, 11) is 1.75. The number of ether oxygens (including phenoxy) is 2. The van der Waals surface area contributed by atoms with Gasteiger partial charge in [-0.1, -0.05) is 84.7 Å². The van der Waals surface area contributed by atoms with E-state index in [0.717, 1.165) is 31.2 Å². The van der Waals surface area contributed by atoms with E-state index in [-0.39, 0.29) is 29.5 Å². The normalized spacial score (nSPS) is 17.9. The lowest BCUT2D eigenvalue weighted by Crippen LogP contribution is -2.58. The Morgan fingerprint density at radius 2 is 1.62 bits per heavy atom. The predicted molar refractivity (Wildman–Crippen MR) is 185 cm³/mol. The molecule has 1 fully saturated rings. The second kappa shape index (κ2) is 15.2. The summed E-state index contributed by atoms with van der Waals surface area (Å²) < 4.78 is 10.8. The molecule has 0 unspecified atom stereocenters. The Bertz CT molecular complexity index is 1420. The molecule has 258 valence electrons. The number of likely N-dealkylation sites (N-methyl/N-ethyl adjacent to an activating group) is 1. The van der Waals surface area contributed by atoms with E-state index < -0.39 is 34.7 Å². The molecule has 0 aromatic heterocycles. The Kier molecular flexibility index (Phi) is 12.1. The number of nitrogens with zero attached hydrogens (tertiary/aromatic N) is 2. The van der Waals surface area contributed by atoms with Crippen LogP contribution in [0, 0.1) is 5.41 Å². The molecule has 3 amide bonds. The molecule has 0 bridgehead atoms. The number of aromatic hydroxyl groups is 1. The highest BCUT2D eigenvalue weighted by molar-refractivity contribution is 5.88. The highest BCUT2D eigenvalue weighted by Gasteiger charge is 2.36. The largest absolute Gasteiger partial charge is 0.514 e. The van der Waals surface area contributed by atoms with Gasteiger partial charge in [0.15, 0.2) is 0 Å². The van der Waals surface area contributed by atoms with Crippen LogP contribution in [0.4, 0.5) is 9.59 Å². The van der Waals surface area contributed by atoms with Gasteiger partial charge in [-0.05, 0) is 62.1 Å². The van der Waals surface area contributed by atoms with Crippen LogP contribution in [-0.4, -0.2) is 65.1 Å². The van der Waals surface area contributed by atoms with Crippen molar-refractivity contribution in [2.24, 2.45) is 10.4 Å². The molecule has 0 radical (unpaired) electrons. The Hall–Kier alpha value is -4.08. The van der Waals surface area contributed by atoms with Crippen molar-refractivity contribution in [1.82, 2.24) is 15.5 Å². The van der Waals surface area contributed by atoms with E-state index in [1.165, 1.54) is 0 Å². The van der Waals surface area contributed by atoms with Crippen molar-refractivity contribution >= 4 is 24.3 Å². The molecule has 0 spiro atoms. The molecule has 0 heterocycles. The average molecular weight is 651 g/mol. The number of aliphatic imine (C=N–C) groups is 1. The van der Waals surface area contributed by atoms with Crippen molar-refractivity contribution in [3.8, 4) is 11.5 Å². The van der Waals surface area contributed by atoms with Crippen molar-refractivity contribution in [2.45, 2.75) is 124 Å². The number of hydrogen-bond acceptors (Lipinski definition) is 7. The zero-order valence-corrected chi connectivity index (χ0v) is 29.8. The van der Waals surface area contributed by atoms with E-state index in [1.54, 1.807) is 51.1 Å². The van der Waals surface area contributed by atoms with Gasteiger partial charge in [0.05, 0.1) is 12.1 Å². The van der Waals surface area contributed by atoms with Gasteiger partial charge in [-0.25, -0.2) is 9.59 Å². The van der Waals surface area contributed by atoms with Crippen LogP contribution in [0.15, 0.2) is 47.5 Å². The van der Waals surface area contributed by atoms with Gasteiger partial charge >= 0.3 is 12.2 Å². The smallest absolute Gasteiger partial charge is 0.507 e. The number of phenols is 1. The second-order valence-corrected chi connectivity index (χ2v) is 15.5. The number of hydrogen-bond donors (Lipinski definition) is 3. The molecule has 10 heteroatoms. The lowest BCUT2D eigenvalue weighted by molar-refractivity contribution is -0.135. The van der Waals surface area contributed by atoms with Gasteiger partial charge in [-0.2, -0.15) is 0 Å². The highest BCUT2D eigenvalue weighted by atomic mass is 16.7. The fraction of sp³-hybridized carbons (Fsp3) is 0.568. The van der Waals surface area contributed by atoms with Gasteiger partial charge in [0, 0.05) is 30.9 Å². The third kappa shape index (κ3) is 11.0. The summed E-state index contributed by atoms with van der Waals surface area (Å²) in [4.78, 5) is 45.7. The molecule has 3 N–H and O–H groups in total. The summed E-state index contributed by atoms with van der Waals surface area (Å²) in [5, 5.41) is 17.3. The Balaban J connectivity index is 1.76. The number of amides is 3. The molecule has 3 rings (SSSR count). The van der Waals surface area contributed by atoms with Gasteiger partial charge < -0.3 is 30.1 Å². The van der Waals surface area contributed by atoms with Crippen molar-refractivity contribution < 1.29 is 29.0 Å². The SMILES string of the molecule is CN(Cc1ccccc1)C(=O)[C@@H](NC(=O)N[C@@H]1CCCC[C@H]1N=Cc1ccc(OC(=O)OC(C)(C)C)c(C(C)(C)C)c1O)C(C)(C)C. The van der Waals surface area contributed by atoms with Crippen molar-refractivity contribution in [3.63, 3.8) is 0 Å². The monoisotopic (exact) mass is 650 g/mol. The van der Waals surface area contributed by atoms with Crippen molar-refractivity contribution in [3.05, 3.63) is 59.2 Å². The topological polar surface area (TPSA) is 130 Å². The third-order valence-electron chi connectivity index (χ3n) is 7.98. The molecule has 10 nitrogen and oxygen atoms in total. The number of carbonyl (C=O) groups excluding carboxylic acids is 3. The van der Waals surface area contributed by atoms with Gasteiger partial charge in [-0.15, -0.1) is 0 Å². The van der Waals surface area contributed by atoms with E-state index in [9.17, 15) is 19.5 Å². The summed E-state index contributed by atoms with van der Waals surface area (Å²) in [6.07, 6.45) is 4.15. The first kappa shape index (κ1) is 37.4. The summed E-state index contributed by atoms with van der Waals surface area (Å²) in [5.41, 5.74) is 0.130. The maximum Gasteiger partial charge on any atom is 0.514 e. The van der Waals surface area contributed by atoms with Gasteiger partial charge in [0.25, 0.3) is 0 Å². The van der Waals surface area contributed by atoms with Crippen LogP contribution in [0.1, 0.15) is 105 Å². The maximum absolute atomic E-state index is 13.5. The van der Waals surface area contributed by atoms with E-state index in [2.05, 4.69) is 10.6 Å². The van der Waals surface area contributed by atoms with Crippen LogP contribution < -0.4 is 15.4 Å². The fourth-order valence-corrected chi connectivity index (χ4v) is 5.64. The summed E-state index contributed by atoms with van der Waals surface area (Å²) in [6, 6.07) is 11.4. The van der Waals surface area contributed by atoms with Crippen molar-refractivity contribution in [2.75, 3.05) is 7.05 Å². The van der Waals surface area contributed by atoms with Gasteiger partial charge in [0.1, 0.15) is 23.1 Å². The standard InChI is InChI=1S/C37H54N4O6/c1-35(2,3)29-28(46-34(45)47-37(7,8)9)21-20-25(30(29)42)22-38-26-18-14-15-19-27(26)39-33(44)40-31(36(4,5)6)32(43)41(10)23-24-16-12-11-13-17-24/h11-13,16-17,20-22,26-27,31,42H,14-15,18-19,23H2,1-10H3,(H2,39,40,44)/t26-,27-,31-/m1/s1. The maximum atomic E-state index is 13.5. The molecule has 3 atom stereocenters. The van der Waals surface area contributed by atoms with E-state index in [1.807, 2.05) is 71.9 Å². The molecule has 1 aliphatic rings. The molecular formula is C37H54N4O6. The molecular weight excluding hydrogens is 596 g/mol. The zero-order valence-electron chi connectivity index (χ0n) is 29.8. The minimum atomic E-state index is -0.851. The van der Waals surface area contributed by atoms with Crippen LogP contribution in [0.5, 0.6) is 11.5 Å². The summed E-state index contributed by atoms with van der Waals surface area (Å²) in [5.74, 6) is 0.0121. The zero-order chi connectivity index (χ0) is 35.2. The van der Waals surface area contributed by atoms with Crippen LogP contribution in [0.3, 0.4) is 0 Å². The number of carbonyl (C=O) groups is 3. The molecule has 0 aliphatic heterocycles. The molecule has 0 saturated heterocycles. The molecule has 1 saturated carbocycles. The van der Waals surface area contributed by atoms with E-state index >= 15 is 0 Å². The number of urea groups is 1. The fourth-order valence-electron chi connectivity index (χ4n) is 5.64. The first-order chi connectivity index (χ1) is 21.8. The lowest BCUT2D eigenvalue weighted by atomic mass is 9.84. The summed E-state index contributed by atoms with van der Waals surface area (Å²) in [6.45, 7) is 17.2. The first-order valence-corrected chi connectivity index (χ1v) is 16.4. The number of phenolic OH excluding ortho intramolecular Hbond substituents is 1. The van der Waals surface area contributed by atoms with E-state index in [0.29, 0.717) is 17.7 Å². The molecule has 47 heavy (non-hydrogen) atoms. The van der Waals surface area contributed by atoms with Gasteiger partial charge in [-0.3, -0.25) is 9.79 Å². The third-order valence-corrected chi connectivity index (χ3v) is 7.98. The molecule has 2 aromatic rings. The average Bonchev–Trinajstić information content (AvgIpc) is 2.94. The van der Waals surface area contributed by atoms with E-state index in [4.69, 9.17) is 14.5 Å². The number of rotatable bonds is 8. The summed E-state index contributed by atoms with van der Waals surface area (Å²) >= 11 is 0. The quantitative estimate of drug-likeness (QED) is 0.159. The minimum Gasteiger partial charge on any atom is -0.507 e. The minimum absolute atomic E-state index is 0.0356. The Labute approximate surface area is 280 Å².